The molecule has 6 aliphatic rings. The Morgan fingerprint density at radius 2 is 1.32 bits per heavy atom. The molecular weight excluding hydrogens is 897 g/mol. The SMILES string of the molecule is Cc1cccc2c1OC1C(N(c3ccc4c(c3)C3(c5ccccc5Sc5ccccc53)c3cc(N(c5cccc6c5oc5c(C)cccc56)C5CCCCC5)c5ccccc5c3-4)C3C=C=CC=C3)=CC=CC21. The first-order chi connectivity index (χ1) is 35.6. The summed E-state index contributed by atoms with van der Waals surface area (Å²) in [4.78, 5) is 7.82. The molecule has 5 heteroatoms. The van der Waals surface area contributed by atoms with Crippen LogP contribution in [0.5, 0.6) is 5.75 Å². The molecule has 72 heavy (non-hydrogen) atoms. The van der Waals surface area contributed by atoms with Gasteiger partial charge in [0.15, 0.2) is 5.58 Å². The minimum Gasteiger partial charge on any atom is -0.483 e. The highest BCUT2D eigenvalue weighted by atomic mass is 32.2. The van der Waals surface area contributed by atoms with Crippen LogP contribution >= 0.6 is 11.8 Å². The standard InChI is InChI=1S/C67H52N2O2S/c1-41-19-15-27-48-50-29-17-33-57(65(50)70-63(41)48)68(43-21-5-3-6-22-43)45-37-38-52-55(39-45)67(53-31-11-13-35-60(53)72-61-36-14-12-32-54(61)67)56-40-59(46-25-9-10-26-47(46)62(52)56)69(44-23-7-4-8-24-44)58-34-18-30-51-49-28-16-20-42(2)64(49)71-66(51)58/h3,5,9-22,25-40,43-44,50,65H,4,7-8,23-24H2,1-2H3. The van der Waals surface area contributed by atoms with Crippen LogP contribution in [0.1, 0.15) is 77.0 Å². The van der Waals surface area contributed by atoms with Crippen molar-refractivity contribution in [3.8, 4) is 16.9 Å². The number of hydrogen-bond donors (Lipinski definition) is 0. The van der Waals surface area contributed by atoms with E-state index in [-0.39, 0.29) is 18.1 Å². The molecule has 4 aliphatic carbocycles. The predicted octanol–water partition coefficient (Wildman–Crippen LogP) is 17.1. The van der Waals surface area contributed by atoms with Crippen LogP contribution in [0.3, 0.4) is 0 Å². The van der Waals surface area contributed by atoms with Gasteiger partial charge in [-0.05, 0) is 131 Å². The van der Waals surface area contributed by atoms with Crippen molar-refractivity contribution in [1.82, 2.24) is 0 Å². The average molecular weight is 949 g/mol. The number of anilines is 3. The molecule has 3 unspecified atom stereocenters. The second-order valence-electron chi connectivity index (χ2n) is 20.6. The molecule has 348 valence electrons. The third-order valence-electron chi connectivity index (χ3n) is 16.7. The molecule has 9 aromatic rings. The predicted molar refractivity (Wildman–Crippen MR) is 296 cm³/mol. The Bertz CT molecular complexity index is 3890. The van der Waals surface area contributed by atoms with Gasteiger partial charge >= 0.3 is 0 Å². The van der Waals surface area contributed by atoms with Gasteiger partial charge in [-0.25, -0.2) is 0 Å². The van der Waals surface area contributed by atoms with Crippen LogP contribution in [0, 0.1) is 13.8 Å². The lowest BCUT2D eigenvalue weighted by molar-refractivity contribution is 0.249. The van der Waals surface area contributed by atoms with Gasteiger partial charge in [-0.1, -0.05) is 171 Å². The van der Waals surface area contributed by atoms with Gasteiger partial charge in [0.2, 0.25) is 0 Å². The van der Waals surface area contributed by atoms with E-state index in [0.29, 0.717) is 6.04 Å². The van der Waals surface area contributed by atoms with Gasteiger partial charge in [0, 0.05) is 54.8 Å². The Morgan fingerprint density at radius 3 is 2.12 bits per heavy atom. The van der Waals surface area contributed by atoms with Gasteiger partial charge in [0.05, 0.1) is 22.8 Å². The van der Waals surface area contributed by atoms with Gasteiger partial charge in [-0.2, -0.15) is 0 Å². The van der Waals surface area contributed by atoms with Crippen molar-refractivity contribution in [1.29, 1.82) is 0 Å². The van der Waals surface area contributed by atoms with E-state index >= 15 is 0 Å². The van der Waals surface area contributed by atoms with Crippen molar-refractivity contribution in [2.75, 3.05) is 9.80 Å². The maximum absolute atomic E-state index is 7.07. The number of furan rings is 1. The first-order valence-corrected chi connectivity index (χ1v) is 26.7. The van der Waals surface area contributed by atoms with Crippen LogP contribution in [-0.4, -0.2) is 18.2 Å². The van der Waals surface area contributed by atoms with E-state index in [1.54, 1.807) is 0 Å². The van der Waals surface area contributed by atoms with Crippen LogP contribution in [0.25, 0.3) is 43.8 Å². The van der Waals surface area contributed by atoms with Crippen LogP contribution < -0.4 is 14.5 Å². The summed E-state index contributed by atoms with van der Waals surface area (Å²) in [5.41, 5.74) is 20.9. The molecule has 8 aromatic carbocycles. The quantitative estimate of drug-likeness (QED) is 0.155. The zero-order valence-electron chi connectivity index (χ0n) is 40.4. The number of hydrogen-bond acceptors (Lipinski definition) is 5. The summed E-state index contributed by atoms with van der Waals surface area (Å²) in [6.45, 7) is 4.33. The maximum atomic E-state index is 7.07. The Kier molecular flexibility index (Phi) is 9.44. The van der Waals surface area contributed by atoms with E-state index in [9.17, 15) is 0 Å². The molecule has 0 radical (unpaired) electrons. The molecule has 4 nitrogen and oxygen atoms in total. The fourth-order valence-electron chi connectivity index (χ4n) is 13.7. The molecule has 0 N–H and O–H groups in total. The highest BCUT2D eigenvalue weighted by Crippen LogP contribution is 2.65. The molecule has 1 aromatic heterocycles. The Hall–Kier alpha value is -7.69. The minimum atomic E-state index is -0.650. The van der Waals surface area contributed by atoms with Crippen LogP contribution in [0.4, 0.5) is 17.1 Å². The van der Waals surface area contributed by atoms with E-state index in [0.717, 1.165) is 52.4 Å². The zero-order valence-corrected chi connectivity index (χ0v) is 41.3. The lowest BCUT2D eigenvalue weighted by atomic mass is 9.67. The molecule has 0 amide bonds. The molecule has 2 aliphatic heterocycles. The van der Waals surface area contributed by atoms with Crippen molar-refractivity contribution in [3.63, 3.8) is 0 Å². The van der Waals surface area contributed by atoms with Crippen LogP contribution in [-0.2, 0) is 5.41 Å². The van der Waals surface area contributed by atoms with Gasteiger partial charge in [-0.15, -0.1) is 5.73 Å². The number of ether oxygens (including phenoxy) is 1. The zero-order chi connectivity index (χ0) is 47.7. The Morgan fingerprint density at radius 1 is 0.597 bits per heavy atom. The molecule has 1 saturated carbocycles. The second-order valence-corrected chi connectivity index (χ2v) is 21.7. The monoisotopic (exact) mass is 948 g/mol. The molecule has 1 spiro atoms. The number of benzene rings is 8. The van der Waals surface area contributed by atoms with Crippen molar-refractivity contribution >= 4 is 61.5 Å². The van der Waals surface area contributed by atoms with Crippen molar-refractivity contribution < 1.29 is 9.15 Å². The molecule has 0 bridgehead atoms. The maximum Gasteiger partial charge on any atom is 0.159 e. The van der Waals surface area contributed by atoms with Crippen LogP contribution in [0.15, 0.2) is 220 Å². The number of aryl methyl sites for hydroxylation is 2. The van der Waals surface area contributed by atoms with E-state index < -0.39 is 5.41 Å². The molecular formula is C67H52N2O2S. The fraction of sp³-hybridized carbons (Fsp3) is 0.179. The van der Waals surface area contributed by atoms with Gasteiger partial charge in [-0.3, -0.25) is 0 Å². The minimum absolute atomic E-state index is 0.0812. The number of rotatable bonds is 6. The molecule has 3 heterocycles. The van der Waals surface area contributed by atoms with E-state index in [1.807, 2.05) is 17.8 Å². The highest BCUT2D eigenvalue weighted by Gasteiger charge is 2.52. The third-order valence-corrected chi connectivity index (χ3v) is 17.9. The summed E-state index contributed by atoms with van der Waals surface area (Å²) in [7, 11) is 0. The number of para-hydroxylation sites is 3. The molecule has 3 atom stereocenters. The van der Waals surface area contributed by atoms with Gasteiger partial charge in [0.1, 0.15) is 17.4 Å². The Balaban J connectivity index is 1.01. The fourth-order valence-corrected chi connectivity index (χ4v) is 14.8. The number of nitrogens with zero attached hydrogens (tertiary/aromatic N) is 2. The van der Waals surface area contributed by atoms with Crippen molar-refractivity contribution in [2.45, 2.75) is 85.3 Å². The van der Waals surface area contributed by atoms with E-state index in [1.165, 1.54) is 101 Å². The first-order valence-electron chi connectivity index (χ1n) is 25.9. The second kappa shape index (κ2) is 16.2. The highest BCUT2D eigenvalue weighted by molar-refractivity contribution is 7.99. The number of fused-ring (bicyclic) bond motifs is 17. The molecule has 0 saturated heterocycles. The summed E-state index contributed by atoms with van der Waals surface area (Å²) in [6, 6.07) is 57.8. The Labute approximate surface area is 424 Å². The summed E-state index contributed by atoms with van der Waals surface area (Å²) >= 11 is 1.90. The topological polar surface area (TPSA) is 28.9 Å². The summed E-state index contributed by atoms with van der Waals surface area (Å²) < 4.78 is 14.1. The van der Waals surface area contributed by atoms with Crippen molar-refractivity contribution in [2.24, 2.45) is 0 Å². The van der Waals surface area contributed by atoms with Crippen molar-refractivity contribution in [3.05, 3.63) is 245 Å². The molecule has 15 rings (SSSR count). The summed E-state index contributed by atoms with van der Waals surface area (Å²) in [5, 5.41) is 4.87. The van der Waals surface area contributed by atoms with Gasteiger partial charge < -0.3 is 19.0 Å². The average Bonchev–Trinajstić information content (AvgIpc) is 4.11. The lowest BCUT2D eigenvalue weighted by Gasteiger charge is -2.42. The number of allylic oxidation sites excluding steroid dienone is 3. The molecule has 1 fully saturated rings. The summed E-state index contributed by atoms with van der Waals surface area (Å²) in [6.07, 6.45) is 21.2. The van der Waals surface area contributed by atoms with E-state index in [4.69, 9.17) is 9.15 Å². The first kappa shape index (κ1) is 42.0. The largest absolute Gasteiger partial charge is 0.483 e. The third kappa shape index (κ3) is 5.96. The van der Waals surface area contributed by atoms with Crippen LogP contribution in [0.2, 0.25) is 0 Å². The summed E-state index contributed by atoms with van der Waals surface area (Å²) in [5.74, 6) is 1.12. The lowest BCUT2D eigenvalue weighted by Crippen LogP contribution is -2.40. The van der Waals surface area contributed by atoms with Gasteiger partial charge in [0.25, 0.3) is 0 Å². The van der Waals surface area contributed by atoms with E-state index in [2.05, 4.69) is 217 Å². The smallest absolute Gasteiger partial charge is 0.159 e. The normalized spacial score (nSPS) is 19.7.